The highest BCUT2D eigenvalue weighted by molar-refractivity contribution is 5.76. The van der Waals surface area contributed by atoms with E-state index in [1.54, 1.807) is 7.11 Å². The topological polar surface area (TPSA) is 68.5 Å². The normalized spacial score (nSPS) is 11.8. The summed E-state index contributed by atoms with van der Waals surface area (Å²) in [7, 11) is 1.62. The van der Waals surface area contributed by atoms with Gasteiger partial charge in [0.1, 0.15) is 5.75 Å². The minimum atomic E-state index is 0.153. The van der Waals surface area contributed by atoms with Crippen LogP contribution in [0.3, 0.4) is 0 Å². The van der Waals surface area contributed by atoms with Crippen molar-refractivity contribution in [1.29, 1.82) is 0 Å². The van der Waals surface area contributed by atoms with Crippen molar-refractivity contribution in [2.24, 2.45) is 0 Å². The van der Waals surface area contributed by atoms with Gasteiger partial charge in [0.05, 0.1) is 7.11 Å². The first-order valence-electron chi connectivity index (χ1n) is 10.4. The maximum absolute atomic E-state index is 12.9. The average Bonchev–Trinajstić information content (AvgIpc) is 3.27. The Morgan fingerprint density at radius 2 is 1.93 bits per heavy atom. The molecule has 6 nitrogen and oxygen atoms in total. The van der Waals surface area contributed by atoms with E-state index in [4.69, 9.17) is 9.26 Å². The Hall–Kier alpha value is -3.15. The van der Waals surface area contributed by atoms with Gasteiger partial charge in [-0.25, -0.2) is 0 Å². The molecule has 0 aliphatic rings. The predicted octanol–water partition coefficient (Wildman–Crippen LogP) is 4.55. The molecule has 1 heterocycles. The molecule has 0 radical (unpaired) electrons. The van der Waals surface area contributed by atoms with Gasteiger partial charge in [-0.2, -0.15) is 4.98 Å². The Morgan fingerprint density at radius 1 is 1.13 bits per heavy atom. The maximum Gasteiger partial charge on any atom is 0.228 e. The summed E-state index contributed by atoms with van der Waals surface area (Å²) >= 11 is 0. The van der Waals surface area contributed by atoms with E-state index in [2.05, 4.69) is 36.1 Å². The molecule has 0 aliphatic heterocycles. The zero-order chi connectivity index (χ0) is 21.3. The van der Waals surface area contributed by atoms with E-state index in [-0.39, 0.29) is 11.9 Å². The predicted molar refractivity (Wildman–Crippen MR) is 116 cm³/mol. The summed E-state index contributed by atoms with van der Waals surface area (Å²) in [6.45, 7) is 4.73. The number of hydrogen-bond donors (Lipinski definition) is 0. The van der Waals surface area contributed by atoms with E-state index in [9.17, 15) is 4.79 Å². The van der Waals surface area contributed by atoms with Gasteiger partial charge < -0.3 is 14.2 Å². The van der Waals surface area contributed by atoms with Crippen molar-refractivity contribution in [1.82, 2.24) is 15.0 Å². The first-order chi connectivity index (χ1) is 14.6. The first kappa shape index (κ1) is 21.6. The lowest BCUT2D eigenvalue weighted by Crippen LogP contribution is -2.40. The second-order valence-electron chi connectivity index (χ2n) is 7.32. The largest absolute Gasteiger partial charge is 0.497 e. The minimum absolute atomic E-state index is 0.153. The molecular formula is C24H29N3O3. The van der Waals surface area contributed by atoms with Crippen LogP contribution in [0.15, 0.2) is 59.1 Å². The number of rotatable bonds is 10. The van der Waals surface area contributed by atoms with Crippen molar-refractivity contribution >= 4 is 5.91 Å². The van der Waals surface area contributed by atoms with Crippen LogP contribution in [0.25, 0.3) is 11.4 Å². The second kappa shape index (κ2) is 10.6. The molecule has 3 rings (SSSR count). The van der Waals surface area contributed by atoms with Crippen LogP contribution in [0, 0.1) is 0 Å². The third kappa shape index (κ3) is 5.69. The Kier molecular flexibility index (Phi) is 7.60. The molecule has 30 heavy (non-hydrogen) atoms. The molecule has 0 saturated heterocycles. The van der Waals surface area contributed by atoms with Gasteiger partial charge in [-0.1, -0.05) is 54.5 Å². The second-order valence-corrected chi connectivity index (χ2v) is 7.32. The molecular weight excluding hydrogens is 378 g/mol. The Labute approximate surface area is 177 Å². The molecule has 1 aromatic heterocycles. The molecule has 1 unspecified atom stereocenters. The van der Waals surface area contributed by atoms with Crippen molar-refractivity contribution in [2.75, 3.05) is 13.7 Å². The first-order valence-corrected chi connectivity index (χ1v) is 10.4. The SMILES string of the molecule is CCC(C)N(CCc1nc(-c2cccc(OC)c2)no1)C(=O)CCc1ccccc1. The van der Waals surface area contributed by atoms with Crippen molar-refractivity contribution in [3.63, 3.8) is 0 Å². The summed E-state index contributed by atoms with van der Waals surface area (Å²) in [6.07, 6.45) is 2.66. The maximum atomic E-state index is 12.9. The van der Waals surface area contributed by atoms with E-state index < -0.39 is 0 Å². The smallest absolute Gasteiger partial charge is 0.228 e. The van der Waals surface area contributed by atoms with Gasteiger partial charge in [0.2, 0.25) is 17.6 Å². The summed E-state index contributed by atoms with van der Waals surface area (Å²) in [5.74, 6) is 1.94. The summed E-state index contributed by atoms with van der Waals surface area (Å²) < 4.78 is 10.7. The number of carbonyl (C=O) groups excluding carboxylic acids is 1. The van der Waals surface area contributed by atoms with Crippen LogP contribution < -0.4 is 4.74 Å². The Balaban J connectivity index is 1.61. The van der Waals surface area contributed by atoms with Crippen molar-refractivity contribution in [2.45, 2.75) is 45.6 Å². The van der Waals surface area contributed by atoms with Crippen molar-refractivity contribution in [3.05, 3.63) is 66.1 Å². The number of hydrogen-bond acceptors (Lipinski definition) is 5. The van der Waals surface area contributed by atoms with E-state index in [0.717, 1.165) is 24.2 Å². The van der Waals surface area contributed by atoms with Crippen LogP contribution in [0.5, 0.6) is 5.75 Å². The number of ether oxygens (including phenoxy) is 1. The molecule has 0 saturated carbocycles. The van der Waals surface area contributed by atoms with Gasteiger partial charge in [-0.05, 0) is 37.5 Å². The Morgan fingerprint density at radius 3 is 2.67 bits per heavy atom. The van der Waals surface area contributed by atoms with Gasteiger partial charge in [-0.15, -0.1) is 0 Å². The fourth-order valence-corrected chi connectivity index (χ4v) is 3.30. The number of carbonyl (C=O) groups is 1. The number of aromatic nitrogens is 2. The molecule has 158 valence electrons. The summed E-state index contributed by atoms with van der Waals surface area (Å²) in [5.41, 5.74) is 2.01. The Bertz CT molecular complexity index is 940. The quantitative estimate of drug-likeness (QED) is 0.493. The number of benzene rings is 2. The van der Waals surface area contributed by atoms with Crippen LogP contribution in [0.1, 0.15) is 38.1 Å². The van der Waals surface area contributed by atoms with Crippen LogP contribution in [0.2, 0.25) is 0 Å². The fraction of sp³-hybridized carbons (Fsp3) is 0.375. The standard InChI is InChI=1S/C24H29N3O3/c1-4-18(2)27(23(28)14-13-19-9-6-5-7-10-19)16-15-22-25-24(26-30-22)20-11-8-12-21(17-20)29-3/h5-12,17-18H,4,13-16H2,1-3H3. The third-order valence-corrected chi connectivity index (χ3v) is 5.28. The molecule has 3 aromatic rings. The molecule has 1 atom stereocenters. The van der Waals surface area contributed by atoms with Crippen LogP contribution in [-0.4, -0.2) is 40.6 Å². The van der Waals surface area contributed by atoms with Crippen molar-refractivity contribution in [3.8, 4) is 17.1 Å². The van der Waals surface area contributed by atoms with Crippen LogP contribution in [0.4, 0.5) is 0 Å². The number of nitrogens with zero attached hydrogens (tertiary/aromatic N) is 3. The zero-order valence-corrected chi connectivity index (χ0v) is 17.9. The lowest BCUT2D eigenvalue weighted by Gasteiger charge is -2.28. The molecule has 0 aliphatic carbocycles. The highest BCUT2D eigenvalue weighted by Crippen LogP contribution is 2.21. The fourth-order valence-electron chi connectivity index (χ4n) is 3.30. The zero-order valence-electron chi connectivity index (χ0n) is 17.9. The molecule has 2 aromatic carbocycles. The van der Waals surface area contributed by atoms with Gasteiger partial charge in [0.15, 0.2) is 0 Å². The van der Waals surface area contributed by atoms with E-state index in [1.165, 1.54) is 5.56 Å². The van der Waals surface area contributed by atoms with Gasteiger partial charge >= 0.3 is 0 Å². The van der Waals surface area contributed by atoms with E-state index in [1.807, 2.05) is 47.4 Å². The van der Waals surface area contributed by atoms with Crippen molar-refractivity contribution < 1.29 is 14.1 Å². The lowest BCUT2D eigenvalue weighted by molar-refractivity contribution is -0.133. The molecule has 0 fully saturated rings. The van der Waals surface area contributed by atoms with E-state index in [0.29, 0.717) is 31.1 Å². The summed E-state index contributed by atoms with van der Waals surface area (Å²) in [5, 5.41) is 4.08. The monoisotopic (exact) mass is 407 g/mol. The van der Waals surface area contributed by atoms with Gasteiger partial charge in [0.25, 0.3) is 0 Å². The summed E-state index contributed by atoms with van der Waals surface area (Å²) in [6, 6.07) is 17.8. The highest BCUT2D eigenvalue weighted by atomic mass is 16.5. The van der Waals surface area contributed by atoms with Crippen LogP contribution in [-0.2, 0) is 17.6 Å². The molecule has 0 N–H and O–H groups in total. The third-order valence-electron chi connectivity index (χ3n) is 5.28. The average molecular weight is 408 g/mol. The van der Waals surface area contributed by atoms with Gasteiger partial charge in [0, 0.05) is 31.0 Å². The molecule has 1 amide bonds. The van der Waals surface area contributed by atoms with E-state index >= 15 is 0 Å². The molecule has 0 spiro atoms. The minimum Gasteiger partial charge on any atom is -0.497 e. The molecule has 0 bridgehead atoms. The highest BCUT2D eigenvalue weighted by Gasteiger charge is 2.20. The number of amides is 1. The number of methoxy groups -OCH3 is 1. The summed E-state index contributed by atoms with van der Waals surface area (Å²) in [4.78, 5) is 19.3. The molecule has 6 heteroatoms. The number of aryl methyl sites for hydroxylation is 1. The van der Waals surface area contributed by atoms with Gasteiger partial charge in [-0.3, -0.25) is 4.79 Å². The lowest BCUT2D eigenvalue weighted by atomic mass is 10.1. The van der Waals surface area contributed by atoms with Crippen LogP contribution >= 0.6 is 0 Å².